The molecule has 0 unspecified atom stereocenters. The van der Waals surface area contributed by atoms with E-state index in [0.29, 0.717) is 18.8 Å². The molecule has 1 N–H and O–H groups in total. The lowest BCUT2D eigenvalue weighted by Gasteiger charge is -2.29. The Morgan fingerprint density at radius 1 is 1.10 bits per heavy atom. The lowest BCUT2D eigenvalue weighted by atomic mass is 9.86. The number of hydrogen-bond donors (Lipinski definition) is 1. The summed E-state index contributed by atoms with van der Waals surface area (Å²) in [6.07, 6.45) is 5.25. The van der Waals surface area contributed by atoms with Gasteiger partial charge in [-0.05, 0) is 50.7 Å². The zero-order valence-corrected chi connectivity index (χ0v) is 17.9. The molecule has 1 aliphatic carbocycles. The Hall–Kier alpha value is -1.93. The van der Waals surface area contributed by atoms with Crippen LogP contribution in [0, 0.1) is 12.8 Å². The van der Waals surface area contributed by atoms with Gasteiger partial charge in [-0.25, -0.2) is 8.42 Å². The van der Waals surface area contributed by atoms with Gasteiger partial charge in [0.2, 0.25) is 10.0 Å². The molecule has 29 heavy (non-hydrogen) atoms. The first-order chi connectivity index (χ1) is 13.8. The number of esters is 1. The van der Waals surface area contributed by atoms with E-state index < -0.39 is 22.0 Å². The second kappa shape index (κ2) is 9.26. The number of rotatable bonds is 6. The summed E-state index contributed by atoms with van der Waals surface area (Å²) in [5, 5.41) is 2.94. The fourth-order valence-corrected chi connectivity index (χ4v) is 5.77. The van der Waals surface area contributed by atoms with Gasteiger partial charge >= 0.3 is 5.97 Å². The third-order valence-electron chi connectivity index (χ3n) is 5.91. The maximum Gasteiger partial charge on any atom is 0.324 e. The number of sulfonamides is 1. The predicted molar refractivity (Wildman–Crippen MR) is 109 cm³/mol. The lowest BCUT2D eigenvalue weighted by molar-refractivity contribution is -0.152. The quantitative estimate of drug-likeness (QED) is 0.711. The maximum absolute atomic E-state index is 12.9. The summed E-state index contributed by atoms with van der Waals surface area (Å²) >= 11 is 0. The number of benzene rings is 1. The Balaban J connectivity index is 1.58. The van der Waals surface area contributed by atoms with Crippen molar-refractivity contribution in [2.75, 3.05) is 13.2 Å². The molecule has 160 valence electrons. The van der Waals surface area contributed by atoms with Gasteiger partial charge in [-0.2, -0.15) is 4.31 Å². The second-order valence-electron chi connectivity index (χ2n) is 8.13. The van der Waals surface area contributed by atoms with Crippen LogP contribution >= 0.6 is 0 Å². The van der Waals surface area contributed by atoms with Crippen LogP contribution in [0.15, 0.2) is 29.2 Å². The van der Waals surface area contributed by atoms with Crippen LogP contribution in [0.2, 0.25) is 0 Å². The zero-order chi connectivity index (χ0) is 21.0. The van der Waals surface area contributed by atoms with Crippen molar-refractivity contribution in [1.29, 1.82) is 0 Å². The molecule has 0 aromatic heterocycles. The molecular formula is C21H30N2O5S. The van der Waals surface area contributed by atoms with Crippen molar-refractivity contribution in [2.45, 2.75) is 69.4 Å². The summed E-state index contributed by atoms with van der Waals surface area (Å²) < 4.78 is 32.3. The molecule has 2 aliphatic rings. The smallest absolute Gasteiger partial charge is 0.324 e. The average Bonchev–Trinajstić information content (AvgIpc) is 3.19. The summed E-state index contributed by atoms with van der Waals surface area (Å²) in [5.41, 5.74) is 0.958. The Morgan fingerprint density at radius 2 is 1.79 bits per heavy atom. The van der Waals surface area contributed by atoms with Crippen LogP contribution in [0.1, 0.15) is 51.0 Å². The highest BCUT2D eigenvalue weighted by Gasteiger charge is 2.40. The van der Waals surface area contributed by atoms with Gasteiger partial charge in [0.15, 0.2) is 6.61 Å². The minimum absolute atomic E-state index is 0.111. The van der Waals surface area contributed by atoms with Crippen molar-refractivity contribution in [3.8, 4) is 0 Å². The highest BCUT2D eigenvalue weighted by Crippen LogP contribution is 2.27. The highest BCUT2D eigenvalue weighted by atomic mass is 32.2. The van der Waals surface area contributed by atoms with E-state index in [9.17, 15) is 18.0 Å². The molecule has 0 radical (unpaired) electrons. The number of nitrogens with zero attached hydrogens (tertiary/aromatic N) is 1. The Labute approximate surface area is 172 Å². The molecule has 1 heterocycles. The van der Waals surface area contributed by atoms with Crippen LogP contribution in [0.5, 0.6) is 0 Å². The van der Waals surface area contributed by atoms with E-state index in [2.05, 4.69) is 12.2 Å². The molecule has 1 saturated heterocycles. The van der Waals surface area contributed by atoms with Crippen LogP contribution in [-0.2, 0) is 24.3 Å². The standard InChI is InChI=1S/C21H30N2O5S/c1-15-9-11-17(12-10-15)29(26,27)23-13-5-8-19(23)21(25)28-14-20(24)22-18-7-4-3-6-16(18)2/h9-12,16,18-19H,3-8,13-14H2,1-2H3,(H,22,24)/t16-,18+,19-/m0/s1. The molecule has 3 atom stereocenters. The molecule has 0 spiro atoms. The lowest BCUT2D eigenvalue weighted by Crippen LogP contribution is -2.45. The first-order valence-corrected chi connectivity index (χ1v) is 11.8. The number of ether oxygens (including phenoxy) is 1. The summed E-state index contributed by atoms with van der Waals surface area (Å²) in [5.74, 6) is -0.582. The molecule has 1 saturated carbocycles. The van der Waals surface area contributed by atoms with Crippen LogP contribution < -0.4 is 5.32 Å². The normalized spacial score (nSPS) is 25.5. The largest absolute Gasteiger partial charge is 0.454 e. The fourth-order valence-electron chi connectivity index (χ4n) is 4.12. The fraction of sp³-hybridized carbons (Fsp3) is 0.619. The Morgan fingerprint density at radius 3 is 2.48 bits per heavy atom. The van der Waals surface area contributed by atoms with Gasteiger partial charge in [0.05, 0.1) is 4.90 Å². The van der Waals surface area contributed by atoms with Gasteiger partial charge in [-0.3, -0.25) is 9.59 Å². The van der Waals surface area contributed by atoms with Gasteiger partial charge in [0.25, 0.3) is 5.91 Å². The number of amides is 1. The first kappa shape index (κ1) is 21.8. The van der Waals surface area contributed by atoms with E-state index in [-0.39, 0.29) is 30.0 Å². The third kappa shape index (κ3) is 5.17. The van der Waals surface area contributed by atoms with Crippen LogP contribution in [0.25, 0.3) is 0 Å². The monoisotopic (exact) mass is 422 g/mol. The second-order valence-corrected chi connectivity index (χ2v) is 10.0. The minimum atomic E-state index is -3.79. The number of aryl methyl sites for hydroxylation is 1. The molecule has 1 aromatic rings. The summed E-state index contributed by atoms with van der Waals surface area (Å²) in [6, 6.07) is 5.77. The summed E-state index contributed by atoms with van der Waals surface area (Å²) in [4.78, 5) is 24.9. The van der Waals surface area contributed by atoms with Gasteiger partial charge in [-0.1, -0.05) is 37.5 Å². The van der Waals surface area contributed by atoms with Gasteiger partial charge in [-0.15, -0.1) is 0 Å². The van der Waals surface area contributed by atoms with Crippen LogP contribution in [0.4, 0.5) is 0 Å². The minimum Gasteiger partial charge on any atom is -0.454 e. The van der Waals surface area contributed by atoms with Crippen molar-refractivity contribution in [3.05, 3.63) is 29.8 Å². The zero-order valence-electron chi connectivity index (χ0n) is 17.1. The molecule has 1 amide bonds. The van der Waals surface area contributed by atoms with Gasteiger partial charge in [0, 0.05) is 12.6 Å². The molecular weight excluding hydrogens is 392 g/mol. The number of carbonyl (C=O) groups excluding carboxylic acids is 2. The van der Waals surface area contributed by atoms with Crippen molar-refractivity contribution in [1.82, 2.24) is 9.62 Å². The van der Waals surface area contributed by atoms with E-state index in [1.807, 2.05) is 6.92 Å². The summed E-state index contributed by atoms with van der Waals surface area (Å²) in [6.45, 7) is 3.88. The Kier molecular flexibility index (Phi) is 6.95. The number of nitrogens with one attached hydrogen (secondary N) is 1. The summed E-state index contributed by atoms with van der Waals surface area (Å²) in [7, 11) is -3.79. The number of hydrogen-bond acceptors (Lipinski definition) is 5. The molecule has 1 aliphatic heterocycles. The van der Waals surface area contributed by atoms with E-state index in [1.54, 1.807) is 24.3 Å². The van der Waals surface area contributed by atoms with E-state index in [1.165, 1.54) is 10.7 Å². The van der Waals surface area contributed by atoms with Crippen LogP contribution in [-0.4, -0.2) is 49.8 Å². The van der Waals surface area contributed by atoms with Gasteiger partial charge < -0.3 is 10.1 Å². The maximum atomic E-state index is 12.9. The van der Waals surface area contributed by atoms with Crippen molar-refractivity contribution in [2.24, 2.45) is 5.92 Å². The molecule has 8 heteroatoms. The Bertz CT molecular complexity index is 837. The predicted octanol–water partition coefficient (Wildman–Crippen LogP) is 2.39. The van der Waals surface area contributed by atoms with E-state index in [0.717, 1.165) is 24.8 Å². The number of carbonyl (C=O) groups is 2. The van der Waals surface area contributed by atoms with Crippen molar-refractivity contribution < 1.29 is 22.7 Å². The highest BCUT2D eigenvalue weighted by molar-refractivity contribution is 7.89. The molecule has 1 aromatic carbocycles. The van der Waals surface area contributed by atoms with Crippen molar-refractivity contribution >= 4 is 21.9 Å². The van der Waals surface area contributed by atoms with Crippen molar-refractivity contribution in [3.63, 3.8) is 0 Å². The molecule has 2 fully saturated rings. The molecule has 3 rings (SSSR count). The van der Waals surface area contributed by atoms with Crippen LogP contribution in [0.3, 0.4) is 0 Å². The molecule has 0 bridgehead atoms. The SMILES string of the molecule is Cc1ccc(S(=O)(=O)N2CCC[C@H]2C(=O)OCC(=O)N[C@@H]2CCCC[C@@H]2C)cc1. The van der Waals surface area contributed by atoms with E-state index in [4.69, 9.17) is 4.74 Å². The third-order valence-corrected chi connectivity index (χ3v) is 7.83. The average molecular weight is 423 g/mol. The first-order valence-electron chi connectivity index (χ1n) is 10.3. The molecule has 7 nitrogen and oxygen atoms in total. The van der Waals surface area contributed by atoms with Gasteiger partial charge in [0.1, 0.15) is 6.04 Å². The van der Waals surface area contributed by atoms with E-state index >= 15 is 0 Å². The topological polar surface area (TPSA) is 92.8 Å².